The second-order valence-corrected chi connectivity index (χ2v) is 6.31. The van der Waals surface area contributed by atoms with Crippen LogP contribution >= 0.6 is 0 Å². The average molecular weight is 306 g/mol. The van der Waals surface area contributed by atoms with E-state index in [1.165, 1.54) is 7.11 Å². The predicted molar refractivity (Wildman–Crippen MR) is 73.4 cm³/mol. The molecule has 0 aliphatic rings. The van der Waals surface area contributed by atoms with Crippen LogP contribution in [0.4, 0.5) is 10.1 Å². The molecule has 1 aromatic rings. The molecular weight excluding hydrogens is 287 g/mol. The lowest BCUT2D eigenvalue weighted by Crippen LogP contribution is -2.38. The first-order valence-corrected chi connectivity index (χ1v) is 7.47. The molecule has 114 valence electrons. The molecule has 6 nitrogen and oxygen atoms in total. The molecule has 2 unspecified atom stereocenters. The van der Waals surface area contributed by atoms with Gasteiger partial charge >= 0.3 is 0 Å². The van der Waals surface area contributed by atoms with Crippen LogP contribution in [0.5, 0.6) is 5.75 Å². The van der Waals surface area contributed by atoms with Crippen molar-refractivity contribution in [2.75, 3.05) is 19.5 Å². The highest BCUT2D eigenvalue weighted by molar-refractivity contribution is 7.89. The zero-order chi connectivity index (χ0) is 15.5. The fraction of sp³-hybridized carbons (Fsp3) is 0.500. The van der Waals surface area contributed by atoms with Gasteiger partial charge in [0, 0.05) is 12.6 Å². The minimum Gasteiger partial charge on any atom is -0.492 e. The summed E-state index contributed by atoms with van der Waals surface area (Å²) in [5, 5.41) is 9.00. The molecular formula is C12H19FN2O4S. The van der Waals surface area contributed by atoms with Gasteiger partial charge in [0.1, 0.15) is 0 Å². The molecule has 0 aromatic heterocycles. The maximum atomic E-state index is 13.7. The zero-order valence-corrected chi connectivity index (χ0v) is 12.4. The highest BCUT2D eigenvalue weighted by atomic mass is 32.2. The van der Waals surface area contributed by atoms with Gasteiger partial charge in [-0.3, -0.25) is 0 Å². The molecule has 1 aromatic carbocycles. The monoisotopic (exact) mass is 306 g/mol. The number of benzene rings is 1. The summed E-state index contributed by atoms with van der Waals surface area (Å²) in [6.45, 7) is 3.14. The SMILES string of the molecule is COc1c(N)cc(S(=O)(=O)NC(C)C(C)CO)cc1F. The number of aliphatic hydroxyl groups excluding tert-OH is 1. The van der Waals surface area contributed by atoms with Gasteiger partial charge in [-0.15, -0.1) is 0 Å². The highest BCUT2D eigenvalue weighted by Crippen LogP contribution is 2.28. The zero-order valence-electron chi connectivity index (χ0n) is 11.6. The van der Waals surface area contributed by atoms with Gasteiger partial charge in [-0.2, -0.15) is 0 Å². The van der Waals surface area contributed by atoms with Crippen LogP contribution < -0.4 is 15.2 Å². The van der Waals surface area contributed by atoms with Gasteiger partial charge in [0.2, 0.25) is 10.0 Å². The van der Waals surface area contributed by atoms with Crippen molar-refractivity contribution < 1.29 is 22.7 Å². The Morgan fingerprint density at radius 3 is 2.50 bits per heavy atom. The van der Waals surface area contributed by atoms with Gasteiger partial charge in [0.15, 0.2) is 11.6 Å². The van der Waals surface area contributed by atoms with E-state index >= 15 is 0 Å². The first-order chi connectivity index (χ1) is 9.22. The topological polar surface area (TPSA) is 102 Å². The van der Waals surface area contributed by atoms with E-state index in [2.05, 4.69) is 4.72 Å². The third kappa shape index (κ3) is 3.59. The van der Waals surface area contributed by atoms with Gasteiger partial charge in [0.25, 0.3) is 0 Å². The van der Waals surface area contributed by atoms with Crippen molar-refractivity contribution in [3.63, 3.8) is 0 Å². The summed E-state index contributed by atoms with van der Waals surface area (Å²) >= 11 is 0. The Kier molecular flexibility index (Phi) is 5.32. The number of nitrogens with one attached hydrogen (secondary N) is 1. The third-order valence-corrected chi connectivity index (χ3v) is 4.58. The average Bonchev–Trinajstić information content (AvgIpc) is 2.36. The van der Waals surface area contributed by atoms with Gasteiger partial charge < -0.3 is 15.6 Å². The Balaban J connectivity index is 3.11. The quantitative estimate of drug-likeness (QED) is 0.672. The summed E-state index contributed by atoms with van der Waals surface area (Å²) in [4.78, 5) is -0.287. The summed E-state index contributed by atoms with van der Waals surface area (Å²) in [5.74, 6) is -1.32. The van der Waals surface area contributed by atoms with E-state index in [1.54, 1.807) is 13.8 Å². The van der Waals surface area contributed by atoms with Crippen LogP contribution in [-0.4, -0.2) is 33.3 Å². The largest absolute Gasteiger partial charge is 0.492 e. The molecule has 0 aliphatic heterocycles. The van der Waals surface area contributed by atoms with Gasteiger partial charge in [-0.25, -0.2) is 17.5 Å². The molecule has 2 atom stereocenters. The Morgan fingerprint density at radius 1 is 1.45 bits per heavy atom. The molecule has 0 heterocycles. The normalized spacial score (nSPS) is 14.8. The number of ether oxygens (including phenoxy) is 1. The highest BCUT2D eigenvalue weighted by Gasteiger charge is 2.23. The van der Waals surface area contributed by atoms with Crippen molar-refractivity contribution >= 4 is 15.7 Å². The number of halogens is 1. The van der Waals surface area contributed by atoms with Crippen LogP contribution in [0.2, 0.25) is 0 Å². The van der Waals surface area contributed by atoms with E-state index < -0.39 is 21.9 Å². The molecule has 8 heteroatoms. The molecule has 4 N–H and O–H groups in total. The van der Waals surface area contributed by atoms with Crippen molar-refractivity contribution in [3.8, 4) is 5.75 Å². The summed E-state index contributed by atoms with van der Waals surface area (Å²) in [7, 11) is -2.68. The Labute approximate surface area is 117 Å². The fourth-order valence-corrected chi connectivity index (χ4v) is 2.94. The Hall–Kier alpha value is -1.38. The van der Waals surface area contributed by atoms with Crippen LogP contribution in [0.1, 0.15) is 13.8 Å². The molecule has 0 bridgehead atoms. The summed E-state index contributed by atoms with van der Waals surface area (Å²) in [6.07, 6.45) is 0. The minimum absolute atomic E-state index is 0.101. The van der Waals surface area contributed by atoms with Crippen LogP contribution in [-0.2, 0) is 10.0 Å². The van der Waals surface area contributed by atoms with E-state index in [-0.39, 0.29) is 28.9 Å². The lowest BCUT2D eigenvalue weighted by atomic mass is 10.1. The van der Waals surface area contributed by atoms with E-state index in [0.717, 1.165) is 12.1 Å². The maximum absolute atomic E-state index is 13.7. The molecule has 0 fully saturated rings. The number of methoxy groups -OCH3 is 1. The maximum Gasteiger partial charge on any atom is 0.241 e. The first-order valence-electron chi connectivity index (χ1n) is 5.99. The van der Waals surface area contributed by atoms with E-state index in [9.17, 15) is 12.8 Å². The van der Waals surface area contributed by atoms with Crippen molar-refractivity contribution in [2.24, 2.45) is 5.92 Å². The number of rotatable bonds is 6. The number of nitrogens with two attached hydrogens (primary N) is 1. The molecule has 0 saturated carbocycles. The molecule has 0 radical (unpaired) electrons. The van der Waals surface area contributed by atoms with Crippen LogP contribution in [0.15, 0.2) is 17.0 Å². The second-order valence-electron chi connectivity index (χ2n) is 4.60. The lowest BCUT2D eigenvalue weighted by molar-refractivity contribution is 0.216. The smallest absolute Gasteiger partial charge is 0.241 e. The number of hydrogen-bond acceptors (Lipinski definition) is 5. The molecule has 0 amide bonds. The van der Waals surface area contributed by atoms with E-state index in [0.29, 0.717) is 0 Å². The number of aliphatic hydroxyl groups is 1. The fourth-order valence-electron chi connectivity index (χ4n) is 1.55. The molecule has 1 rings (SSSR count). The molecule has 0 aliphatic carbocycles. The van der Waals surface area contributed by atoms with Gasteiger partial charge in [-0.05, 0) is 25.0 Å². The molecule has 0 saturated heterocycles. The van der Waals surface area contributed by atoms with Crippen LogP contribution in [0, 0.1) is 11.7 Å². The Morgan fingerprint density at radius 2 is 2.05 bits per heavy atom. The Bertz CT molecular complexity index is 554. The van der Waals surface area contributed by atoms with Gasteiger partial charge in [0.05, 0.1) is 17.7 Å². The van der Waals surface area contributed by atoms with Gasteiger partial charge in [-0.1, -0.05) is 6.92 Å². The number of anilines is 1. The predicted octanol–water partition coefficient (Wildman–Crippen LogP) is 0.712. The van der Waals surface area contributed by atoms with Crippen LogP contribution in [0.3, 0.4) is 0 Å². The van der Waals surface area contributed by atoms with Crippen molar-refractivity contribution in [1.82, 2.24) is 4.72 Å². The minimum atomic E-state index is -3.92. The van der Waals surface area contributed by atoms with Crippen LogP contribution in [0.25, 0.3) is 0 Å². The summed E-state index contributed by atoms with van der Waals surface area (Å²) in [5.41, 5.74) is 5.45. The van der Waals surface area contributed by atoms with E-state index in [1.807, 2.05) is 0 Å². The summed E-state index contributed by atoms with van der Waals surface area (Å²) < 4.78 is 45.0. The number of sulfonamides is 1. The summed E-state index contributed by atoms with van der Waals surface area (Å²) in [6, 6.07) is 1.46. The third-order valence-electron chi connectivity index (χ3n) is 3.04. The van der Waals surface area contributed by atoms with Crippen molar-refractivity contribution in [2.45, 2.75) is 24.8 Å². The molecule has 20 heavy (non-hydrogen) atoms. The first kappa shape index (κ1) is 16.7. The lowest BCUT2D eigenvalue weighted by Gasteiger charge is -2.19. The number of nitrogen functional groups attached to an aromatic ring is 1. The standard InChI is InChI=1S/C12H19FN2O4S/c1-7(6-16)8(2)15-20(17,18)9-4-10(13)12(19-3)11(14)5-9/h4-5,7-8,15-16H,6,14H2,1-3H3. The number of hydrogen-bond donors (Lipinski definition) is 3. The molecule has 0 spiro atoms. The second kappa shape index (κ2) is 6.38. The van der Waals surface area contributed by atoms with E-state index in [4.69, 9.17) is 15.6 Å². The van der Waals surface area contributed by atoms with Crippen molar-refractivity contribution in [3.05, 3.63) is 17.9 Å². The van der Waals surface area contributed by atoms with Crippen molar-refractivity contribution in [1.29, 1.82) is 0 Å².